The lowest BCUT2D eigenvalue weighted by Gasteiger charge is -2.43. The lowest BCUT2D eigenvalue weighted by atomic mass is 9.76. The first-order valence-corrected chi connectivity index (χ1v) is 15.2. The standard InChI is InChI=1S/C29H39N3O4S/c1-3-37(34,35)27(26-20-30-19-25(26)23-7-5-4-6-8-23)31-16-13-29(14-17-31)15-18-32(28(29)33)21-22-9-11-24(36-2)12-10-22/h4-12,25-27,30H,3,13-21H2,1-2H3/t25-,26-,27?/m1/s1. The van der Waals surface area contributed by atoms with E-state index in [1.54, 1.807) is 14.0 Å². The fraction of sp³-hybridized carbons (Fsp3) is 0.552. The van der Waals surface area contributed by atoms with Gasteiger partial charge in [0.25, 0.3) is 0 Å². The van der Waals surface area contributed by atoms with Crippen molar-refractivity contribution in [3.05, 3.63) is 65.7 Å². The molecule has 8 heteroatoms. The van der Waals surface area contributed by atoms with Crippen LogP contribution in [0.15, 0.2) is 54.6 Å². The second-order valence-corrected chi connectivity index (χ2v) is 13.2. The van der Waals surface area contributed by atoms with E-state index in [-0.39, 0.29) is 28.9 Å². The van der Waals surface area contributed by atoms with E-state index in [4.69, 9.17) is 4.74 Å². The SMILES string of the molecule is CCS(=O)(=O)C([C@@H]1CNC[C@@H]1c1ccccc1)N1CCC2(CCN(Cc3ccc(OC)cc3)C2=O)CC1. The minimum absolute atomic E-state index is 0.00718. The molecule has 3 atom stereocenters. The quantitative estimate of drug-likeness (QED) is 0.570. The number of nitrogens with zero attached hydrogens (tertiary/aromatic N) is 2. The minimum atomic E-state index is -3.31. The zero-order valence-electron chi connectivity index (χ0n) is 21.9. The summed E-state index contributed by atoms with van der Waals surface area (Å²) in [6.45, 7) is 5.89. The van der Waals surface area contributed by atoms with E-state index in [9.17, 15) is 13.2 Å². The Morgan fingerprint density at radius 1 is 1.00 bits per heavy atom. The van der Waals surface area contributed by atoms with Gasteiger partial charge >= 0.3 is 0 Å². The summed E-state index contributed by atoms with van der Waals surface area (Å²) in [5.74, 6) is 1.32. The molecule has 1 amide bonds. The summed E-state index contributed by atoms with van der Waals surface area (Å²) in [6, 6.07) is 18.2. The first kappa shape index (κ1) is 26.2. The van der Waals surface area contributed by atoms with Gasteiger partial charge in [-0.2, -0.15) is 0 Å². The van der Waals surface area contributed by atoms with Gasteiger partial charge in [0.05, 0.1) is 12.5 Å². The Morgan fingerprint density at radius 3 is 2.32 bits per heavy atom. The van der Waals surface area contributed by atoms with E-state index in [0.717, 1.165) is 43.7 Å². The number of rotatable bonds is 8. The minimum Gasteiger partial charge on any atom is -0.497 e. The van der Waals surface area contributed by atoms with Crippen molar-refractivity contribution < 1.29 is 17.9 Å². The number of hydrogen-bond donors (Lipinski definition) is 1. The zero-order valence-corrected chi connectivity index (χ0v) is 22.8. The predicted octanol–water partition coefficient (Wildman–Crippen LogP) is 3.27. The van der Waals surface area contributed by atoms with Crippen LogP contribution in [0.25, 0.3) is 0 Å². The van der Waals surface area contributed by atoms with Gasteiger partial charge < -0.3 is 15.0 Å². The molecule has 3 aliphatic heterocycles. The number of carbonyl (C=O) groups is 1. The molecule has 200 valence electrons. The lowest BCUT2D eigenvalue weighted by Crippen LogP contribution is -2.54. The Labute approximate surface area is 221 Å². The van der Waals surface area contributed by atoms with Gasteiger partial charge in [-0.15, -0.1) is 0 Å². The first-order valence-electron chi connectivity index (χ1n) is 13.5. The number of benzene rings is 2. The number of nitrogens with one attached hydrogen (secondary N) is 1. The Morgan fingerprint density at radius 2 is 1.68 bits per heavy atom. The van der Waals surface area contributed by atoms with Gasteiger partial charge in [0, 0.05) is 56.9 Å². The predicted molar refractivity (Wildman–Crippen MR) is 145 cm³/mol. The number of methoxy groups -OCH3 is 1. The topological polar surface area (TPSA) is 79.0 Å². The average molecular weight is 526 g/mol. The third kappa shape index (κ3) is 5.16. The van der Waals surface area contributed by atoms with Gasteiger partial charge in [0.1, 0.15) is 11.1 Å². The van der Waals surface area contributed by atoms with E-state index in [1.165, 1.54) is 5.56 Å². The van der Waals surface area contributed by atoms with E-state index >= 15 is 0 Å². The Balaban J connectivity index is 1.29. The first-order chi connectivity index (χ1) is 17.9. The number of piperidine rings is 1. The fourth-order valence-electron chi connectivity index (χ4n) is 6.66. The zero-order chi connectivity index (χ0) is 26.0. The molecule has 1 spiro atoms. The maximum atomic E-state index is 13.6. The van der Waals surface area contributed by atoms with Crippen LogP contribution in [-0.4, -0.2) is 75.1 Å². The van der Waals surface area contributed by atoms with Crippen LogP contribution < -0.4 is 10.1 Å². The summed E-state index contributed by atoms with van der Waals surface area (Å²) >= 11 is 0. The van der Waals surface area contributed by atoms with E-state index in [2.05, 4.69) is 22.3 Å². The summed E-state index contributed by atoms with van der Waals surface area (Å²) in [5, 5.41) is 2.94. The molecule has 37 heavy (non-hydrogen) atoms. The Bertz CT molecular complexity index is 1180. The number of sulfone groups is 1. The second kappa shape index (κ2) is 10.8. The van der Waals surface area contributed by atoms with Gasteiger partial charge in [-0.25, -0.2) is 8.42 Å². The molecule has 0 radical (unpaired) electrons. The number of ether oxygens (including phenoxy) is 1. The molecule has 3 saturated heterocycles. The van der Waals surface area contributed by atoms with Gasteiger partial charge in [0.15, 0.2) is 9.84 Å². The third-order valence-corrected chi connectivity index (χ3v) is 11.1. The van der Waals surface area contributed by atoms with Crippen LogP contribution in [0.3, 0.4) is 0 Å². The maximum Gasteiger partial charge on any atom is 0.229 e. The molecule has 0 aliphatic carbocycles. The summed E-state index contributed by atoms with van der Waals surface area (Å²) in [7, 11) is -1.66. The second-order valence-electron chi connectivity index (χ2n) is 10.8. The average Bonchev–Trinajstić information content (AvgIpc) is 3.52. The Hall–Kier alpha value is -2.42. The van der Waals surface area contributed by atoms with E-state index < -0.39 is 15.2 Å². The summed E-state index contributed by atoms with van der Waals surface area (Å²) < 4.78 is 32.2. The Kier molecular flexibility index (Phi) is 7.61. The highest BCUT2D eigenvalue weighted by molar-refractivity contribution is 7.91. The van der Waals surface area contributed by atoms with Gasteiger partial charge in [-0.1, -0.05) is 49.4 Å². The highest BCUT2D eigenvalue weighted by atomic mass is 32.2. The van der Waals surface area contributed by atoms with Crippen LogP contribution in [0.2, 0.25) is 0 Å². The van der Waals surface area contributed by atoms with Crippen LogP contribution in [0, 0.1) is 11.3 Å². The highest BCUT2D eigenvalue weighted by Crippen LogP contribution is 2.44. The van der Waals surface area contributed by atoms with Crippen molar-refractivity contribution in [1.29, 1.82) is 0 Å². The van der Waals surface area contributed by atoms with Crippen molar-refractivity contribution in [2.45, 2.75) is 44.0 Å². The van der Waals surface area contributed by atoms with Crippen molar-refractivity contribution in [2.24, 2.45) is 11.3 Å². The molecule has 0 aromatic heterocycles. The van der Waals surface area contributed by atoms with Crippen molar-refractivity contribution in [2.75, 3.05) is 45.6 Å². The number of carbonyl (C=O) groups excluding carboxylic acids is 1. The molecular weight excluding hydrogens is 486 g/mol. The van der Waals surface area contributed by atoms with E-state index in [0.29, 0.717) is 26.2 Å². The van der Waals surface area contributed by atoms with Crippen LogP contribution in [0.4, 0.5) is 0 Å². The molecule has 3 fully saturated rings. The number of amides is 1. The van der Waals surface area contributed by atoms with Crippen molar-refractivity contribution in [3.63, 3.8) is 0 Å². The van der Waals surface area contributed by atoms with Gasteiger partial charge in [-0.3, -0.25) is 9.69 Å². The van der Waals surface area contributed by atoms with Crippen molar-refractivity contribution in [1.82, 2.24) is 15.1 Å². The molecule has 5 rings (SSSR count). The highest BCUT2D eigenvalue weighted by Gasteiger charge is 2.51. The maximum absolute atomic E-state index is 13.6. The molecule has 2 aromatic rings. The van der Waals surface area contributed by atoms with Crippen molar-refractivity contribution in [3.8, 4) is 5.75 Å². The molecule has 2 aromatic carbocycles. The normalized spacial score (nSPS) is 25.0. The summed E-state index contributed by atoms with van der Waals surface area (Å²) in [4.78, 5) is 17.7. The van der Waals surface area contributed by atoms with Crippen LogP contribution >= 0.6 is 0 Å². The number of likely N-dealkylation sites (tertiary alicyclic amines) is 2. The number of hydrogen-bond acceptors (Lipinski definition) is 6. The van der Waals surface area contributed by atoms with Crippen LogP contribution in [0.5, 0.6) is 5.75 Å². The van der Waals surface area contributed by atoms with Gasteiger partial charge in [0.2, 0.25) is 5.91 Å². The lowest BCUT2D eigenvalue weighted by molar-refractivity contribution is -0.139. The monoisotopic (exact) mass is 525 g/mol. The molecular formula is C29H39N3O4S. The fourth-order valence-corrected chi connectivity index (χ4v) is 8.49. The largest absolute Gasteiger partial charge is 0.497 e. The summed E-state index contributed by atoms with van der Waals surface area (Å²) in [5.41, 5.74) is 1.93. The molecule has 1 unspecified atom stereocenters. The molecule has 1 N–H and O–H groups in total. The molecule has 3 heterocycles. The molecule has 0 bridgehead atoms. The van der Waals surface area contributed by atoms with E-state index in [1.807, 2.05) is 47.4 Å². The molecule has 7 nitrogen and oxygen atoms in total. The van der Waals surface area contributed by atoms with Crippen LogP contribution in [0.1, 0.15) is 43.2 Å². The molecule has 0 saturated carbocycles. The van der Waals surface area contributed by atoms with Crippen LogP contribution in [-0.2, 0) is 21.2 Å². The summed E-state index contributed by atoms with van der Waals surface area (Å²) in [6.07, 6.45) is 2.28. The third-order valence-electron chi connectivity index (χ3n) is 8.87. The van der Waals surface area contributed by atoms with Crippen molar-refractivity contribution >= 4 is 15.7 Å². The van der Waals surface area contributed by atoms with Gasteiger partial charge in [-0.05, 0) is 42.5 Å². The molecule has 3 aliphatic rings. The smallest absolute Gasteiger partial charge is 0.229 e.